The van der Waals surface area contributed by atoms with E-state index in [1.165, 1.54) is 0 Å². The van der Waals surface area contributed by atoms with Gasteiger partial charge in [0, 0.05) is 31.1 Å². The van der Waals surface area contributed by atoms with Crippen molar-refractivity contribution in [2.45, 2.75) is 19.4 Å². The molecule has 0 atom stereocenters. The van der Waals surface area contributed by atoms with E-state index in [0.717, 1.165) is 18.4 Å². The molecule has 102 valence electrons. The fraction of sp³-hybridized carbons (Fsp3) is 0.429. The van der Waals surface area contributed by atoms with E-state index < -0.39 is 0 Å². The maximum atomic E-state index is 11.6. The molecule has 1 aromatic carbocycles. The van der Waals surface area contributed by atoms with Gasteiger partial charge in [-0.15, -0.1) is 0 Å². The Morgan fingerprint density at radius 1 is 1.16 bits per heavy atom. The molecule has 0 bridgehead atoms. The van der Waals surface area contributed by atoms with Gasteiger partial charge in [0.2, 0.25) is 5.91 Å². The topological polar surface area (TPSA) is 84.2 Å². The second-order valence-electron chi connectivity index (χ2n) is 4.73. The van der Waals surface area contributed by atoms with Crippen molar-refractivity contribution in [2.75, 3.05) is 13.1 Å². The molecular formula is C14H19N3O2. The van der Waals surface area contributed by atoms with Crippen LogP contribution in [-0.4, -0.2) is 24.9 Å². The van der Waals surface area contributed by atoms with Crippen molar-refractivity contribution in [2.24, 2.45) is 11.7 Å². The van der Waals surface area contributed by atoms with Crippen molar-refractivity contribution in [1.82, 2.24) is 10.6 Å². The fourth-order valence-electron chi connectivity index (χ4n) is 1.74. The minimum atomic E-state index is -0.126. The Kier molecular flexibility index (Phi) is 4.52. The summed E-state index contributed by atoms with van der Waals surface area (Å²) in [6, 6.07) is 7.21. The largest absolute Gasteiger partial charge is 0.352 e. The number of amides is 2. The van der Waals surface area contributed by atoms with Gasteiger partial charge < -0.3 is 16.4 Å². The summed E-state index contributed by atoms with van der Waals surface area (Å²) in [5, 5.41) is 5.60. The maximum Gasteiger partial charge on any atom is 0.251 e. The van der Waals surface area contributed by atoms with E-state index in [0.29, 0.717) is 25.2 Å². The molecule has 0 aliphatic heterocycles. The number of rotatable bonds is 6. The molecule has 0 radical (unpaired) electrons. The normalized spacial score (nSPS) is 13.9. The van der Waals surface area contributed by atoms with Gasteiger partial charge in [-0.25, -0.2) is 0 Å². The Bertz CT molecular complexity index is 452. The molecule has 19 heavy (non-hydrogen) atoms. The molecule has 1 aromatic rings. The van der Waals surface area contributed by atoms with Crippen molar-refractivity contribution in [3.05, 3.63) is 35.4 Å². The quantitative estimate of drug-likeness (QED) is 0.693. The summed E-state index contributed by atoms with van der Waals surface area (Å²) >= 11 is 0. The number of carbonyl (C=O) groups is 2. The first-order valence-electron chi connectivity index (χ1n) is 6.55. The Morgan fingerprint density at radius 3 is 2.42 bits per heavy atom. The Balaban J connectivity index is 1.83. The predicted molar refractivity (Wildman–Crippen MR) is 72.4 cm³/mol. The van der Waals surface area contributed by atoms with Crippen LogP contribution >= 0.6 is 0 Å². The number of nitrogens with two attached hydrogens (primary N) is 1. The molecule has 1 aliphatic carbocycles. The Morgan fingerprint density at radius 2 is 1.84 bits per heavy atom. The van der Waals surface area contributed by atoms with E-state index in [2.05, 4.69) is 10.6 Å². The Labute approximate surface area is 112 Å². The first kappa shape index (κ1) is 13.5. The number of hydrogen-bond acceptors (Lipinski definition) is 3. The third-order valence-electron chi connectivity index (χ3n) is 3.06. The maximum absolute atomic E-state index is 11.6. The number of carbonyl (C=O) groups excluding carboxylic acids is 2. The smallest absolute Gasteiger partial charge is 0.251 e. The predicted octanol–water partition coefficient (Wildman–Crippen LogP) is 0.401. The third-order valence-corrected chi connectivity index (χ3v) is 3.06. The van der Waals surface area contributed by atoms with Crippen LogP contribution in [-0.2, 0) is 11.3 Å². The van der Waals surface area contributed by atoms with Crippen LogP contribution in [0.3, 0.4) is 0 Å². The SMILES string of the molecule is NCCNC(=O)c1ccc(CNC(=O)C2CC2)cc1. The first-order chi connectivity index (χ1) is 9.20. The number of benzene rings is 1. The highest BCUT2D eigenvalue weighted by molar-refractivity contribution is 5.94. The van der Waals surface area contributed by atoms with Gasteiger partial charge in [-0.1, -0.05) is 12.1 Å². The summed E-state index contributed by atoms with van der Waals surface area (Å²) in [6.45, 7) is 1.41. The summed E-state index contributed by atoms with van der Waals surface area (Å²) in [4.78, 5) is 23.1. The summed E-state index contributed by atoms with van der Waals surface area (Å²) in [5.41, 5.74) is 6.91. The fourth-order valence-corrected chi connectivity index (χ4v) is 1.74. The van der Waals surface area contributed by atoms with Crippen LogP contribution in [0.25, 0.3) is 0 Å². The lowest BCUT2D eigenvalue weighted by atomic mass is 10.1. The highest BCUT2D eigenvalue weighted by Crippen LogP contribution is 2.28. The molecular weight excluding hydrogens is 242 g/mol. The van der Waals surface area contributed by atoms with Crippen molar-refractivity contribution in [1.29, 1.82) is 0 Å². The highest BCUT2D eigenvalue weighted by atomic mass is 16.2. The number of hydrogen-bond donors (Lipinski definition) is 3. The van der Waals surface area contributed by atoms with Crippen molar-refractivity contribution < 1.29 is 9.59 Å². The van der Waals surface area contributed by atoms with E-state index >= 15 is 0 Å². The zero-order chi connectivity index (χ0) is 13.7. The van der Waals surface area contributed by atoms with E-state index in [9.17, 15) is 9.59 Å². The molecule has 0 aromatic heterocycles. The summed E-state index contributed by atoms with van der Waals surface area (Å²) < 4.78 is 0. The third kappa shape index (κ3) is 4.06. The molecule has 2 amide bonds. The second kappa shape index (κ2) is 6.33. The molecule has 1 fully saturated rings. The molecule has 1 saturated carbocycles. The average Bonchev–Trinajstić information content (AvgIpc) is 3.27. The van der Waals surface area contributed by atoms with Crippen LogP contribution in [0.2, 0.25) is 0 Å². The van der Waals surface area contributed by atoms with Gasteiger partial charge in [-0.3, -0.25) is 9.59 Å². The standard InChI is InChI=1S/C14H19N3O2/c15-7-8-16-13(18)11-3-1-10(2-4-11)9-17-14(19)12-5-6-12/h1-4,12H,5-9,15H2,(H,16,18)(H,17,19). The van der Waals surface area contributed by atoms with E-state index in [1.807, 2.05) is 12.1 Å². The van der Waals surface area contributed by atoms with Crippen LogP contribution in [0.15, 0.2) is 24.3 Å². The lowest BCUT2D eigenvalue weighted by Crippen LogP contribution is -2.29. The van der Waals surface area contributed by atoms with Gasteiger partial charge in [-0.05, 0) is 30.5 Å². The van der Waals surface area contributed by atoms with Crippen LogP contribution < -0.4 is 16.4 Å². The van der Waals surface area contributed by atoms with Crippen LogP contribution in [0.4, 0.5) is 0 Å². The van der Waals surface area contributed by atoms with Crippen molar-refractivity contribution in [3.63, 3.8) is 0 Å². The zero-order valence-electron chi connectivity index (χ0n) is 10.8. The van der Waals surface area contributed by atoms with Gasteiger partial charge in [0.05, 0.1) is 0 Å². The molecule has 5 heteroatoms. The summed E-state index contributed by atoms with van der Waals surface area (Å²) in [5.74, 6) is 0.227. The van der Waals surface area contributed by atoms with Crippen molar-refractivity contribution in [3.8, 4) is 0 Å². The monoisotopic (exact) mass is 261 g/mol. The molecule has 0 saturated heterocycles. The summed E-state index contributed by atoms with van der Waals surface area (Å²) in [7, 11) is 0. The van der Waals surface area contributed by atoms with E-state index in [-0.39, 0.29) is 17.7 Å². The average molecular weight is 261 g/mol. The highest BCUT2D eigenvalue weighted by Gasteiger charge is 2.29. The van der Waals surface area contributed by atoms with Crippen LogP contribution in [0.1, 0.15) is 28.8 Å². The minimum Gasteiger partial charge on any atom is -0.352 e. The van der Waals surface area contributed by atoms with Crippen LogP contribution in [0, 0.1) is 5.92 Å². The molecule has 1 aliphatic rings. The lowest BCUT2D eigenvalue weighted by Gasteiger charge is -2.06. The van der Waals surface area contributed by atoms with Crippen molar-refractivity contribution >= 4 is 11.8 Å². The molecule has 4 N–H and O–H groups in total. The van der Waals surface area contributed by atoms with E-state index in [4.69, 9.17) is 5.73 Å². The number of nitrogens with one attached hydrogen (secondary N) is 2. The minimum absolute atomic E-state index is 0.126. The van der Waals surface area contributed by atoms with Gasteiger partial charge in [0.1, 0.15) is 0 Å². The second-order valence-corrected chi connectivity index (χ2v) is 4.73. The molecule has 0 unspecified atom stereocenters. The zero-order valence-corrected chi connectivity index (χ0v) is 10.8. The van der Waals surface area contributed by atoms with Gasteiger partial charge in [-0.2, -0.15) is 0 Å². The van der Waals surface area contributed by atoms with Gasteiger partial charge in [0.15, 0.2) is 0 Å². The van der Waals surface area contributed by atoms with Gasteiger partial charge >= 0.3 is 0 Å². The molecule has 5 nitrogen and oxygen atoms in total. The molecule has 0 spiro atoms. The summed E-state index contributed by atoms with van der Waals surface area (Å²) in [6.07, 6.45) is 2.01. The van der Waals surface area contributed by atoms with Gasteiger partial charge in [0.25, 0.3) is 5.91 Å². The molecule has 0 heterocycles. The molecule has 2 rings (SSSR count). The Hall–Kier alpha value is -1.88. The van der Waals surface area contributed by atoms with E-state index in [1.54, 1.807) is 12.1 Å². The lowest BCUT2D eigenvalue weighted by molar-refractivity contribution is -0.122. The van der Waals surface area contributed by atoms with Crippen LogP contribution in [0.5, 0.6) is 0 Å². The first-order valence-corrected chi connectivity index (χ1v) is 6.55.